The van der Waals surface area contributed by atoms with Crippen LogP contribution in [0.25, 0.3) is 0 Å². The first-order chi connectivity index (χ1) is 9.45. The summed E-state index contributed by atoms with van der Waals surface area (Å²) in [4.78, 5) is 0. The topological polar surface area (TPSA) is 21.3 Å². The van der Waals surface area contributed by atoms with Gasteiger partial charge in [-0.15, -0.1) is 0 Å². The fraction of sp³-hybridized carbons (Fsp3) is 1.00. The molecule has 20 heavy (non-hydrogen) atoms. The highest BCUT2D eigenvalue weighted by molar-refractivity contribution is 4.84. The van der Waals surface area contributed by atoms with E-state index < -0.39 is 0 Å². The Morgan fingerprint density at radius 1 is 1.15 bits per heavy atom. The average molecular weight is 284 g/mol. The van der Waals surface area contributed by atoms with Crippen molar-refractivity contribution in [2.45, 2.75) is 79.2 Å². The van der Waals surface area contributed by atoms with Crippen molar-refractivity contribution in [3.8, 4) is 0 Å². The highest BCUT2D eigenvalue weighted by Crippen LogP contribution is 2.40. The van der Waals surface area contributed by atoms with Crippen LogP contribution in [0.5, 0.6) is 0 Å². The minimum atomic E-state index is 0.537. The molecule has 0 unspecified atom stereocenters. The molecule has 0 heterocycles. The van der Waals surface area contributed by atoms with Crippen molar-refractivity contribution < 1.29 is 4.74 Å². The van der Waals surface area contributed by atoms with Crippen molar-refractivity contribution in [2.75, 3.05) is 19.8 Å². The molecule has 2 heteroatoms. The molecule has 0 saturated heterocycles. The molecule has 0 aromatic rings. The van der Waals surface area contributed by atoms with Crippen LogP contribution in [0.3, 0.4) is 0 Å². The number of rotatable bonds is 9. The smallest absolute Gasteiger partial charge is 0.0489 e. The fourth-order valence-electron chi connectivity index (χ4n) is 3.17. The molecule has 1 saturated carbocycles. The first-order valence-electron chi connectivity index (χ1n) is 8.76. The first-order valence-corrected chi connectivity index (χ1v) is 8.76. The van der Waals surface area contributed by atoms with Gasteiger partial charge in [0.2, 0.25) is 0 Å². The van der Waals surface area contributed by atoms with Gasteiger partial charge in [-0.25, -0.2) is 0 Å². The summed E-state index contributed by atoms with van der Waals surface area (Å²) in [5.74, 6) is 1.58. The van der Waals surface area contributed by atoms with E-state index in [9.17, 15) is 0 Å². The normalized spacial score (nSPS) is 24.3. The maximum absolute atomic E-state index is 5.62. The first kappa shape index (κ1) is 18.0. The van der Waals surface area contributed by atoms with Crippen molar-refractivity contribution in [1.82, 2.24) is 5.32 Å². The molecule has 0 aliphatic heterocycles. The molecular formula is C18H37NO. The maximum Gasteiger partial charge on any atom is 0.0489 e. The second kappa shape index (κ2) is 9.04. The quantitative estimate of drug-likeness (QED) is 0.623. The van der Waals surface area contributed by atoms with Crippen LogP contribution in [0.4, 0.5) is 0 Å². The Morgan fingerprint density at radius 2 is 1.80 bits per heavy atom. The van der Waals surface area contributed by atoms with Crippen LogP contribution in [0.15, 0.2) is 0 Å². The summed E-state index contributed by atoms with van der Waals surface area (Å²) < 4.78 is 5.62. The van der Waals surface area contributed by atoms with Crippen LogP contribution < -0.4 is 5.32 Å². The molecule has 1 rings (SSSR count). The van der Waals surface area contributed by atoms with E-state index in [0.29, 0.717) is 11.3 Å². The molecule has 0 bridgehead atoms. The van der Waals surface area contributed by atoms with Crippen LogP contribution in [0.1, 0.15) is 73.1 Å². The SMILES string of the molecule is CCC(C)(C)C1CCC(NCCCOCC(C)C)CC1. The van der Waals surface area contributed by atoms with E-state index in [4.69, 9.17) is 4.74 Å². The van der Waals surface area contributed by atoms with E-state index >= 15 is 0 Å². The zero-order chi connectivity index (χ0) is 15.0. The van der Waals surface area contributed by atoms with E-state index in [0.717, 1.165) is 38.1 Å². The van der Waals surface area contributed by atoms with E-state index in [1.54, 1.807) is 0 Å². The predicted octanol–water partition coefficient (Wildman–Crippen LogP) is 4.63. The van der Waals surface area contributed by atoms with Crippen LogP contribution in [-0.2, 0) is 4.74 Å². The van der Waals surface area contributed by atoms with Gasteiger partial charge in [-0.05, 0) is 55.9 Å². The molecule has 0 aromatic carbocycles. The minimum Gasteiger partial charge on any atom is -0.381 e. The Labute approximate surface area is 127 Å². The standard InChI is InChI=1S/C18H37NO/c1-6-18(4,5)16-8-10-17(11-9-16)19-12-7-13-20-14-15(2)3/h15-17,19H,6-14H2,1-5H3. The second-order valence-electron chi connectivity index (χ2n) is 7.67. The second-order valence-corrected chi connectivity index (χ2v) is 7.67. The molecule has 0 spiro atoms. The molecular weight excluding hydrogens is 246 g/mol. The lowest BCUT2D eigenvalue weighted by molar-refractivity contribution is 0.105. The van der Waals surface area contributed by atoms with Crippen molar-refractivity contribution in [3.05, 3.63) is 0 Å². The number of hydrogen-bond acceptors (Lipinski definition) is 2. The lowest BCUT2D eigenvalue weighted by atomic mass is 9.69. The summed E-state index contributed by atoms with van der Waals surface area (Å²) in [5, 5.41) is 3.72. The van der Waals surface area contributed by atoms with Crippen molar-refractivity contribution in [2.24, 2.45) is 17.3 Å². The third-order valence-corrected chi connectivity index (χ3v) is 5.09. The Morgan fingerprint density at radius 3 is 2.35 bits per heavy atom. The lowest BCUT2D eigenvalue weighted by Gasteiger charge is -2.39. The molecule has 0 atom stereocenters. The molecule has 1 aliphatic rings. The van der Waals surface area contributed by atoms with Crippen molar-refractivity contribution in [3.63, 3.8) is 0 Å². The third-order valence-electron chi connectivity index (χ3n) is 5.09. The summed E-state index contributed by atoms with van der Waals surface area (Å²) in [7, 11) is 0. The molecule has 0 aromatic heterocycles. The summed E-state index contributed by atoms with van der Waals surface area (Å²) >= 11 is 0. The van der Waals surface area contributed by atoms with Gasteiger partial charge in [0.15, 0.2) is 0 Å². The van der Waals surface area contributed by atoms with Gasteiger partial charge in [0.1, 0.15) is 0 Å². The highest BCUT2D eigenvalue weighted by Gasteiger charge is 2.31. The fourth-order valence-corrected chi connectivity index (χ4v) is 3.17. The van der Waals surface area contributed by atoms with Crippen LogP contribution in [0, 0.1) is 17.3 Å². The highest BCUT2D eigenvalue weighted by atomic mass is 16.5. The number of hydrogen-bond donors (Lipinski definition) is 1. The molecule has 0 amide bonds. The summed E-state index contributed by atoms with van der Waals surface area (Å²) in [6.07, 6.45) is 7.99. The van der Waals surface area contributed by atoms with Gasteiger partial charge in [-0.1, -0.05) is 41.0 Å². The Hall–Kier alpha value is -0.0800. The Balaban J connectivity index is 2.05. The summed E-state index contributed by atoms with van der Waals surface area (Å²) in [6, 6.07) is 0.754. The summed E-state index contributed by atoms with van der Waals surface area (Å²) in [6.45, 7) is 14.5. The minimum absolute atomic E-state index is 0.537. The number of ether oxygens (including phenoxy) is 1. The van der Waals surface area contributed by atoms with E-state index in [-0.39, 0.29) is 0 Å². The molecule has 1 aliphatic carbocycles. The monoisotopic (exact) mass is 283 g/mol. The van der Waals surface area contributed by atoms with Crippen LogP contribution in [-0.4, -0.2) is 25.8 Å². The number of nitrogens with one attached hydrogen (secondary N) is 1. The lowest BCUT2D eigenvalue weighted by Crippen LogP contribution is -2.37. The van der Waals surface area contributed by atoms with Gasteiger partial charge in [0.25, 0.3) is 0 Å². The molecule has 0 radical (unpaired) electrons. The van der Waals surface area contributed by atoms with Crippen molar-refractivity contribution in [1.29, 1.82) is 0 Å². The van der Waals surface area contributed by atoms with Gasteiger partial charge in [0, 0.05) is 19.3 Å². The molecule has 2 nitrogen and oxygen atoms in total. The van der Waals surface area contributed by atoms with E-state index in [1.807, 2.05) is 0 Å². The van der Waals surface area contributed by atoms with Gasteiger partial charge >= 0.3 is 0 Å². The molecule has 1 N–H and O–H groups in total. The van der Waals surface area contributed by atoms with Gasteiger partial charge in [0.05, 0.1) is 0 Å². The molecule has 1 fully saturated rings. The van der Waals surface area contributed by atoms with Crippen LogP contribution >= 0.6 is 0 Å². The van der Waals surface area contributed by atoms with Gasteiger partial charge < -0.3 is 10.1 Å². The zero-order valence-electron chi connectivity index (χ0n) is 14.5. The van der Waals surface area contributed by atoms with Gasteiger partial charge in [-0.2, -0.15) is 0 Å². The molecule has 120 valence electrons. The Kier molecular flexibility index (Phi) is 8.13. The van der Waals surface area contributed by atoms with E-state index in [1.165, 1.54) is 32.1 Å². The van der Waals surface area contributed by atoms with Crippen LogP contribution in [0.2, 0.25) is 0 Å². The average Bonchev–Trinajstić information content (AvgIpc) is 2.43. The maximum atomic E-state index is 5.62. The van der Waals surface area contributed by atoms with Gasteiger partial charge in [-0.3, -0.25) is 0 Å². The van der Waals surface area contributed by atoms with E-state index in [2.05, 4.69) is 39.9 Å². The Bertz CT molecular complexity index is 242. The predicted molar refractivity (Wildman–Crippen MR) is 88.1 cm³/mol. The summed E-state index contributed by atoms with van der Waals surface area (Å²) in [5.41, 5.74) is 0.537. The zero-order valence-corrected chi connectivity index (χ0v) is 14.5. The third kappa shape index (κ3) is 6.58. The largest absolute Gasteiger partial charge is 0.381 e. The van der Waals surface area contributed by atoms with Crippen molar-refractivity contribution >= 4 is 0 Å².